The number of aromatic nitrogens is 2. The summed E-state index contributed by atoms with van der Waals surface area (Å²) in [6.07, 6.45) is 3.16. The van der Waals surface area contributed by atoms with Gasteiger partial charge >= 0.3 is 0 Å². The maximum absolute atomic E-state index is 10.9. The van der Waals surface area contributed by atoms with Crippen LogP contribution >= 0.6 is 11.3 Å². The molecule has 5 nitrogen and oxygen atoms in total. The third-order valence-corrected chi connectivity index (χ3v) is 2.83. The second kappa shape index (κ2) is 4.28. The van der Waals surface area contributed by atoms with Gasteiger partial charge in [0.1, 0.15) is 10.7 Å². The molecule has 0 fully saturated rings. The van der Waals surface area contributed by atoms with Crippen molar-refractivity contribution in [2.45, 2.75) is 6.92 Å². The van der Waals surface area contributed by atoms with Crippen LogP contribution in [0.1, 0.15) is 15.2 Å². The standard InChI is InChI=1S/C10H10N4OS/c1-6-2-3-12-8(4-6)14-10-13-5-7(16-10)9(11)15/h2-5H,1H3,(H2,11,15)(H,12,13,14). The Morgan fingerprint density at radius 2 is 2.31 bits per heavy atom. The van der Waals surface area contributed by atoms with Crippen LogP contribution in [-0.2, 0) is 0 Å². The van der Waals surface area contributed by atoms with Crippen LogP contribution in [0.25, 0.3) is 0 Å². The number of primary amides is 1. The Hall–Kier alpha value is -1.95. The number of rotatable bonds is 3. The van der Waals surface area contributed by atoms with E-state index in [0.29, 0.717) is 15.8 Å². The van der Waals surface area contributed by atoms with Crippen molar-refractivity contribution >= 4 is 28.2 Å². The quantitative estimate of drug-likeness (QED) is 0.846. The zero-order valence-corrected chi connectivity index (χ0v) is 9.41. The molecule has 0 saturated carbocycles. The van der Waals surface area contributed by atoms with Crippen molar-refractivity contribution in [1.29, 1.82) is 0 Å². The van der Waals surface area contributed by atoms with Crippen LogP contribution in [0, 0.1) is 6.92 Å². The number of carbonyl (C=O) groups excluding carboxylic acids is 1. The van der Waals surface area contributed by atoms with E-state index in [-0.39, 0.29) is 0 Å². The van der Waals surface area contributed by atoms with Gasteiger partial charge in [0, 0.05) is 6.20 Å². The summed E-state index contributed by atoms with van der Waals surface area (Å²) in [4.78, 5) is 19.5. The number of aryl methyl sites for hydroxylation is 1. The molecular weight excluding hydrogens is 224 g/mol. The summed E-state index contributed by atoms with van der Waals surface area (Å²) < 4.78 is 0. The van der Waals surface area contributed by atoms with Crippen LogP contribution < -0.4 is 11.1 Å². The molecule has 16 heavy (non-hydrogen) atoms. The number of nitrogens with zero attached hydrogens (tertiary/aromatic N) is 2. The van der Waals surface area contributed by atoms with Crippen molar-refractivity contribution < 1.29 is 4.79 Å². The molecule has 0 spiro atoms. The van der Waals surface area contributed by atoms with Gasteiger partial charge in [-0.05, 0) is 24.6 Å². The van der Waals surface area contributed by atoms with Crippen LogP contribution in [0.15, 0.2) is 24.5 Å². The van der Waals surface area contributed by atoms with Gasteiger partial charge in [-0.1, -0.05) is 11.3 Å². The highest BCUT2D eigenvalue weighted by atomic mass is 32.1. The molecule has 0 bridgehead atoms. The summed E-state index contributed by atoms with van der Waals surface area (Å²) >= 11 is 1.20. The fourth-order valence-corrected chi connectivity index (χ4v) is 1.84. The molecule has 2 aromatic heterocycles. The van der Waals surface area contributed by atoms with Gasteiger partial charge < -0.3 is 11.1 Å². The van der Waals surface area contributed by atoms with Gasteiger partial charge in [0.05, 0.1) is 6.20 Å². The number of nitrogens with one attached hydrogen (secondary N) is 1. The molecule has 0 aliphatic rings. The van der Waals surface area contributed by atoms with Crippen LogP contribution in [0.2, 0.25) is 0 Å². The van der Waals surface area contributed by atoms with E-state index >= 15 is 0 Å². The minimum absolute atomic E-state index is 0.426. The van der Waals surface area contributed by atoms with E-state index in [2.05, 4.69) is 15.3 Å². The van der Waals surface area contributed by atoms with Crippen LogP contribution in [-0.4, -0.2) is 15.9 Å². The number of thiazole rings is 1. The molecule has 2 aromatic rings. The Kier molecular flexibility index (Phi) is 2.82. The number of hydrogen-bond donors (Lipinski definition) is 2. The average Bonchev–Trinajstić information content (AvgIpc) is 2.66. The molecule has 0 saturated heterocycles. The van der Waals surface area contributed by atoms with E-state index in [1.165, 1.54) is 17.5 Å². The largest absolute Gasteiger partial charge is 0.365 e. The van der Waals surface area contributed by atoms with Gasteiger partial charge in [-0.2, -0.15) is 0 Å². The summed E-state index contributed by atoms with van der Waals surface area (Å²) in [5.41, 5.74) is 6.23. The summed E-state index contributed by atoms with van der Waals surface area (Å²) in [5, 5.41) is 3.61. The molecule has 0 aliphatic heterocycles. The summed E-state index contributed by atoms with van der Waals surface area (Å²) in [6, 6.07) is 3.80. The Bertz CT molecular complexity index is 523. The van der Waals surface area contributed by atoms with Gasteiger partial charge in [0.2, 0.25) is 0 Å². The third kappa shape index (κ3) is 2.34. The Labute approximate surface area is 96.3 Å². The van der Waals surface area contributed by atoms with Crippen LogP contribution in [0.4, 0.5) is 10.9 Å². The number of pyridine rings is 1. The first-order valence-electron chi connectivity index (χ1n) is 4.60. The van der Waals surface area contributed by atoms with E-state index in [1.807, 2.05) is 19.1 Å². The second-order valence-electron chi connectivity index (χ2n) is 3.24. The Balaban J connectivity index is 2.17. The smallest absolute Gasteiger partial charge is 0.260 e. The van der Waals surface area contributed by atoms with Crippen molar-refractivity contribution in [2.75, 3.05) is 5.32 Å². The van der Waals surface area contributed by atoms with Gasteiger partial charge in [-0.15, -0.1) is 0 Å². The van der Waals surface area contributed by atoms with Crippen LogP contribution in [0.5, 0.6) is 0 Å². The molecule has 0 radical (unpaired) electrons. The number of hydrogen-bond acceptors (Lipinski definition) is 5. The molecule has 3 N–H and O–H groups in total. The SMILES string of the molecule is Cc1ccnc(Nc2ncc(C(N)=O)s2)c1. The predicted molar refractivity (Wildman–Crippen MR) is 62.9 cm³/mol. The lowest BCUT2D eigenvalue weighted by atomic mass is 10.3. The third-order valence-electron chi connectivity index (χ3n) is 1.90. The summed E-state index contributed by atoms with van der Waals surface area (Å²) in [7, 11) is 0. The lowest BCUT2D eigenvalue weighted by Gasteiger charge is -2.01. The summed E-state index contributed by atoms with van der Waals surface area (Å²) in [6.45, 7) is 1.98. The molecule has 6 heteroatoms. The van der Waals surface area contributed by atoms with Gasteiger partial charge in [-0.3, -0.25) is 4.79 Å². The first-order chi connectivity index (χ1) is 7.65. The predicted octanol–water partition coefficient (Wildman–Crippen LogP) is 1.69. The van der Waals surface area contributed by atoms with Crippen molar-refractivity contribution in [3.63, 3.8) is 0 Å². The molecular formula is C10H10N4OS. The first kappa shape index (κ1) is 10.6. The highest BCUT2D eigenvalue weighted by Crippen LogP contribution is 2.21. The Morgan fingerprint density at radius 3 is 2.94 bits per heavy atom. The number of anilines is 2. The van der Waals surface area contributed by atoms with E-state index in [1.54, 1.807) is 6.20 Å². The normalized spacial score (nSPS) is 10.1. The molecule has 0 unspecified atom stereocenters. The molecule has 0 atom stereocenters. The molecule has 0 aromatic carbocycles. The highest BCUT2D eigenvalue weighted by Gasteiger charge is 2.06. The van der Waals surface area contributed by atoms with Crippen molar-refractivity contribution in [2.24, 2.45) is 5.73 Å². The molecule has 2 heterocycles. The monoisotopic (exact) mass is 234 g/mol. The average molecular weight is 234 g/mol. The molecule has 0 aliphatic carbocycles. The van der Waals surface area contributed by atoms with Gasteiger partial charge in [0.15, 0.2) is 5.13 Å². The lowest BCUT2D eigenvalue weighted by Crippen LogP contribution is -2.08. The maximum atomic E-state index is 10.9. The summed E-state index contributed by atoms with van der Waals surface area (Å²) in [5.74, 6) is 0.230. The first-order valence-corrected chi connectivity index (χ1v) is 5.42. The minimum atomic E-state index is -0.470. The van der Waals surface area contributed by atoms with E-state index in [0.717, 1.165) is 5.56 Å². The van der Waals surface area contributed by atoms with Gasteiger partial charge in [-0.25, -0.2) is 9.97 Å². The van der Waals surface area contributed by atoms with Crippen molar-refractivity contribution in [1.82, 2.24) is 9.97 Å². The molecule has 2 rings (SSSR count). The highest BCUT2D eigenvalue weighted by molar-refractivity contribution is 7.17. The molecule has 82 valence electrons. The number of carbonyl (C=O) groups is 1. The minimum Gasteiger partial charge on any atom is -0.365 e. The zero-order valence-electron chi connectivity index (χ0n) is 8.60. The number of amides is 1. The fraction of sp³-hybridized carbons (Fsp3) is 0.100. The van der Waals surface area contributed by atoms with Crippen molar-refractivity contribution in [3.05, 3.63) is 35.0 Å². The molecule has 1 amide bonds. The van der Waals surface area contributed by atoms with E-state index in [9.17, 15) is 4.79 Å². The zero-order chi connectivity index (χ0) is 11.5. The van der Waals surface area contributed by atoms with Crippen molar-refractivity contribution in [3.8, 4) is 0 Å². The Morgan fingerprint density at radius 1 is 1.50 bits per heavy atom. The number of nitrogens with two attached hydrogens (primary N) is 1. The van der Waals surface area contributed by atoms with E-state index < -0.39 is 5.91 Å². The topological polar surface area (TPSA) is 80.9 Å². The van der Waals surface area contributed by atoms with Crippen LogP contribution in [0.3, 0.4) is 0 Å². The maximum Gasteiger partial charge on any atom is 0.260 e. The lowest BCUT2D eigenvalue weighted by molar-refractivity contribution is 0.100. The fourth-order valence-electron chi connectivity index (χ4n) is 1.16. The van der Waals surface area contributed by atoms with E-state index in [4.69, 9.17) is 5.73 Å². The second-order valence-corrected chi connectivity index (χ2v) is 4.27. The van der Waals surface area contributed by atoms with Gasteiger partial charge in [0.25, 0.3) is 5.91 Å².